The van der Waals surface area contributed by atoms with Gasteiger partial charge in [-0.25, -0.2) is 0 Å². The largest absolute Gasteiger partial charge is 0.493 e. The van der Waals surface area contributed by atoms with E-state index >= 15 is 0 Å². The molecule has 2 amide bonds. The van der Waals surface area contributed by atoms with Crippen molar-refractivity contribution in [3.8, 4) is 28.4 Å². The van der Waals surface area contributed by atoms with Gasteiger partial charge >= 0.3 is 12.1 Å². The van der Waals surface area contributed by atoms with E-state index in [1.807, 2.05) is 0 Å². The average molecular weight is 480 g/mol. The van der Waals surface area contributed by atoms with Crippen LogP contribution in [0.15, 0.2) is 29.1 Å². The van der Waals surface area contributed by atoms with E-state index in [2.05, 4.69) is 5.32 Å². The summed E-state index contributed by atoms with van der Waals surface area (Å²) in [7, 11) is 4.31. The van der Waals surface area contributed by atoms with Crippen molar-refractivity contribution in [2.24, 2.45) is 0 Å². The lowest BCUT2D eigenvalue weighted by Crippen LogP contribution is -2.31. The molecule has 0 unspecified atom stereocenters. The Bertz CT molecular complexity index is 1200. The Kier molecular flexibility index (Phi) is 7.04. The highest BCUT2D eigenvalue weighted by atomic mass is 19.4. The number of benzene rings is 1. The highest BCUT2D eigenvalue weighted by Crippen LogP contribution is 2.50. The molecule has 1 aliphatic rings. The number of hydrogen-bond donors (Lipinski definition) is 2. The van der Waals surface area contributed by atoms with E-state index in [0.29, 0.717) is 41.0 Å². The van der Waals surface area contributed by atoms with Crippen LogP contribution in [-0.4, -0.2) is 39.3 Å². The lowest BCUT2D eigenvalue weighted by atomic mass is 9.95. The second-order valence-corrected chi connectivity index (χ2v) is 7.55. The van der Waals surface area contributed by atoms with Crippen molar-refractivity contribution in [1.82, 2.24) is 5.32 Å². The van der Waals surface area contributed by atoms with Gasteiger partial charge in [0, 0.05) is 12.5 Å². The molecule has 0 saturated carbocycles. The van der Waals surface area contributed by atoms with Gasteiger partial charge in [0.1, 0.15) is 0 Å². The molecule has 182 valence electrons. The molecule has 2 N–H and O–H groups in total. The normalized spacial score (nSPS) is 14.7. The Labute approximate surface area is 193 Å². The summed E-state index contributed by atoms with van der Waals surface area (Å²) in [5.74, 6) is -1.64. The fraction of sp³-hybridized carbons (Fsp3) is 0.348. The monoisotopic (exact) mass is 480 g/mol. The van der Waals surface area contributed by atoms with E-state index in [1.165, 1.54) is 34.3 Å². The first-order chi connectivity index (χ1) is 16.0. The number of nitrogens with one attached hydrogen (secondary N) is 2. The minimum absolute atomic E-state index is 0.284. The summed E-state index contributed by atoms with van der Waals surface area (Å²) in [6, 6.07) is 4.74. The van der Waals surface area contributed by atoms with Crippen LogP contribution in [0.4, 0.5) is 18.9 Å². The number of halogens is 3. The Hall–Kier alpha value is -3.76. The van der Waals surface area contributed by atoms with Gasteiger partial charge in [-0.05, 0) is 47.7 Å². The number of ether oxygens (including phenoxy) is 3. The smallest absolute Gasteiger partial charge is 0.471 e. The van der Waals surface area contributed by atoms with Gasteiger partial charge in [-0.1, -0.05) is 6.07 Å². The molecule has 3 rings (SSSR count). The van der Waals surface area contributed by atoms with Crippen LogP contribution < -0.4 is 30.3 Å². The van der Waals surface area contributed by atoms with Crippen LogP contribution in [0.2, 0.25) is 0 Å². The van der Waals surface area contributed by atoms with Gasteiger partial charge in [-0.3, -0.25) is 14.4 Å². The fourth-order valence-electron chi connectivity index (χ4n) is 4.00. The fourth-order valence-corrected chi connectivity index (χ4v) is 4.00. The Morgan fingerprint density at radius 2 is 1.71 bits per heavy atom. The lowest BCUT2D eigenvalue weighted by molar-refractivity contribution is -0.167. The average Bonchev–Trinajstić information content (AvgIpc) is 3.01. The number of alkyl halides is 3. The van der Waals surface area contributed by atoms with Crippen LogP contribution in [-0.2, 0) is 16.0 Å². The van der Waals surface area contributed by atoms with Crippen LogP contribution in [0.3, 0.4) is 0 Å². The SMILES string of the molecule is COc1cc2c(c(OC)c1OC)-c1ccc(NC(=O)C(F)(F)F)c(=O)cc1[C@@H](NC(C)=O)CC2. The number of anilines is 1. The van der Waals surface area contributed by atoms with Gasteiger partial charge in [-0.15, -0.1) is 0 Å². The molecule has 0 saturated heterocycles. The molecule has 8 nitrogen and oxygen atoms in total. The Balaban J connectivity index is 2.34. The predicted molar refractivity (Wildman–Crippen MR) is 117 cm³/mol. The molecule has 1 aliphatic carbocycles. The molecule has 0 fully saturated rings. The number of hydrogen-bond acceptors (Lipinski definition) is 6. The number of methoxy groups -OCH3 is 3. The van der Waals surface area contributed by atoms with Crippen molar-refractivity contribution in [2.75, 3.05) is 26.6 Å². The van der Waals surface area contributed by atoms with Crippen LogP contribution in [0, 0.1) is 0 Å². The van der Waals surface area contributed by atoms with Crippen molar-refractivity contribution >= 4 is 17.5 Å². The van der Waals surface area contributed by atoms with Gasteiger partial charge in [0.05, 0.1) is 33.1 Å². The highest BCUT2D eigenvalue weighted by molar-refractivity contribution is 5.95. The molecule has 11 heteroatoms. The number of carbonyl (C=O) groups excluding carboxylic acids is 2. The van der Waals surface area contributed by atoms with Crippen molar-refractivity contribution in [1.29, 1.82) is 0 Å². The van der Waals surface area contributed by atoms with E-state index in [-0.39, 0.29) is 11.7 Å². The summed E-state index contributed by atoms with van der Waals surface area (Å²) in [6.45, 7) is 1.32. The number of rotatable bonds is 5. The molecule has 0 bridgehead atoms. The third kappa shape index (κ3) is 4.78. The van der Waals surface area contributed by atoms with E-state index in [9.17, 15) is 27.6 Å². The second kappa shape index (κ2) is 9.62. The van der Waals surface area contributed by atoms with E-state index in [1.54, 1.807) is 11.4 Å². The van der Waals surface area contributed by atoms with Gasteiger partial charge < -0.3 is 24.8 Å². The zero-order chi connectivity index (χ0) is 25.2. The van der Waals surface area contributed by atoms with Gasteiger partial charge in [0.15, 0.2) is 11.5 Å². The molecule has 2 aromatic rings. The minimum atomic E-state index is -5.17. The van der Waals surface area contributed by atoms with Gasteiger partial charge in [0.2, 0.25) is 17.1 Å². The first-order valence-electron chi connectivity index (χ1n) is 10.2. The highest BCUT2D eigenvalue weighted by Gasteiger charge is 2.39. The number of aryl methyl sites for hydroxylation is 1. The van der Waals surface area contributed by atoms with Crippen molar-refractivity contribution in [3.05, 3.63) is 45.6 Å². The lowest BCUT2D eigenvalue weighted by Gasteiger charge is -2.19. The summed E-state index contributed by atoms with van der Waals surface area (Å²) < 4.78 is 54.8. The molecule has 2 aromatic carbocycles. The quantitative estimate of drug-likeness (QED) is 0.681. The molecule has 34 heavy (non-hydrogen) atoms. The van der Waals surface area contributed by atoms with E-state index in [4.69, 9.17) is 14.2 Å². The summed E-state index contributed by atoms with van der Waals surface area (Å²) in [5, 5.41) is 4.40. The third-order valence-electron chi connectivity index (χ3n) is 5.42. The predicted octanol–water partition coefficient (Wildman–Crippen LogP) is 3.36. The molecule has 0 aliphatic heterocycles. The van der Waals surface area contributed by atoms with Crippen LogP contribution >= 0.6 is 0 Å². The number of carbonyl (C=O) groups is 2. The second-order valence-electron chi connectivity index (χ2n) is 7.55. The molecule has 1 atom stereocenters. The molecule has 0 radical (unpaired) electrons. The summed E-state index contributed by atoms with van der Waals surface area (Å²) in [5.41, 5.74) is 0.663. The summed E-state index contributed by atoms with van der Waals surface area (Å²) in [4.78, 5) is 36.1. The summed E-state index contributed by atoms with van der Waals surface area (Å²) in [6.07, 6.45) is -4.33. The van der Waals surface area contributed by atoms with Crippen molar-refractivity contribution in [2.45, 2.75) is 32.0 Å². The standard InChI is InChI=1S/C23H23F3N2O6/c1-11(29)27-15-7-5-12-9-18(32-2)20(33-3)21(34-4)19(12)13-6-8-16(17(30)10-14(13)15)28-22(31)23(24,25)26/h6,8-10,15H,5,7H2,1-4H3,(H,27,29)(H,28,30,31)/t15-/m0/s1. The maximum Gasteiger partial charge on any atom is 0.471 e. The molecular formula is C23H23F3N2O6. The van der Waals surface area contributed by atoms with Crippen molar-refractivity contribution in [3.63, 3.8) is 0 Å². The molecule has 0 aromatic heterocycles. The van der Waals surface area contributed by atoms with Gasteiger partial charge in [-0.2, -0.15) is 13.2 Å². The molecule has 0 spiro atoms. The maximum atomic E-state index is 12.8. The first kappa shape index (κ1) is 24.9. The van der Waals surface area contributed by atoms with Crippen LogP contribution in [0.25, 0.3) is 11.1 Å². The van der Waals surface area contributed by atoms with Crippen molar-refractivity contribution < 1.29 is 37.0 Å². The third-order valence-corrected chi connectivity index (χ3v) is 5.42. The van der Waals surface area contributed by atoms with E-state index in [0.717, 1.165) is 17.7 Å². The minimum Gasteiger partial charge on any atom is -0.493 e. The van der Waals surface area contributed by atoms with Gasteiger partial charge in [0.25, 0.3) is 0 Å². The zero-order valence-electron chi connectivity index (χ0n) is 18.9. The zero-order valence-corrected chi connectivity index (χ0v) is 18.9. The Morgan fingerprint density at radius 1 is 1.03 bits per heavy atom. The summed E-state index contributed by atoms with van der Waals surface area (Å²) >= 11 is 0. The maximum absolute atomic E-state index is 12.8. The molecule has 0 heterocycles. The topological polar surface area (TPSA) is 103 Å². The van der Waals surface area contributed by atoms with Crippen LogP contribution in [0.1, 0.15) is 30.5 Å². The number of amides is 2. The van der Waals surface area contributed by atoms with E-state index < -0.39 is 29.2 Å². The van der Waals surface area contributed by atoms with Crippen LogP contribution in [0.5, 0.6) is 17.2 Å². The number of fused-ring (bicyclic) bond motifs is 3. The Morgan fingerprint density at radius 3 is 2.26 bits per heavy atom. The first-order valence-corrected chi connectivity index (χ1v) is 10.2. The molecular weight excluding hydrogens is 457 g/mol.